The highest BCUT2D eigenvalue weighted by Crippen LogP contribution is 2.19. The van der Waals surface area contributed by atoms with E-state index in [4.69, 9.17) is 4.74 Å². The molecule has 1 aromatic rings. The highest BCUT2D eigenvalue weighted by molar-refractivity contribution is 5.85. The zero-order valence-electron chi connectivity index (χ0n) is 16.9. The first-order valence-corrected chi connectivity index (χ1v) is 9.76. The molecule has 0 aromatic heterocycles. The number of alkyl carbamates (subject to hydrolysis) is 1. The molecule has 0 saturated carbocycles. The number of hydrogen-bond donors (Lipinski definition) is 3. The van der Waals surface area contributed by atoms with Gasteiger partial charge < -0.3 is 20.7 Å². The van der Waals surface area contributed by atoms with Crippen LogP contribution in [0.2, 0.25) is 0 Å². The number of ether oxygens (including phenoxy) is 1. The van der Waals surface area contributed by atoms with Crippen molar-refractivity contribution in [1.82, 2.24) is 16.0 Å². The van der Waals surface area contributed by atoms with Gasteiger partial charge in [-0.25, -0.2) is 4.79 Å². The third-order valence-electron chi connectivity index (χ3n) is 4.62. The molecule has 1 aliphatic rings. The zero-order valence-corrected chi connectivity index (χ0v) is 16.9. The Morgan fingerprint density at radius 1 is 1.19 bits per heavy atom. The highest BCUT2D eigenvalue weighted by Gasteiger charge is 2.27. The largest absolute Gasteiger partial charge is 0.444 e. The molecule has 3 N–H and O–H groups in total. The number of piperidine rings is 1. The minimum atomic E-state index is -0.595. The number of aryl methyl sites for hydroxylation is 1. The molecule has 1 aromatic carbocycles. The van der Waals surface area contributed by atoms with Gasteiger partial charge in [-0.15, -0.1) is 0 Å². The Morgan fingerprint density at radius 2 is 1.81 bits per heavy atom. The molecule has 6 heteroatoms. The van der Waals surface area contributed by atoms with Crippen LogP contribution in [0.25, 0.3) is 0 Å². The predicted molar refractivity (Wildman–Crippen MR) is 106 cm³/mol. The standard InChI is InChI=1S/C21H33N3O3/c1-15-5-7-17(8-6-15)14-23-19(25)18(13-16-9-11-22-12-10-16)24-20(26)27-21(2,3)4/h5-8,16,18,22H,9-14H2,1-4H3,(H,23,25)(H,24,26)/t18-/m0/s1. The molecule has 0 bridgehead atoms. The summed E-state index contributed by atoms with van der Waals surface area (Å²) >= 11 is 0. The molecular weight excluding hydrogens is 342 g/mol. The summed E-state index contributed by atoms with van der Waals surface area (Å²) < 4.78 is 5.34. The van der Waals surface area contributed by atoms with Crippen LogP contribution in [0, 0.1) is 12.8 Å². The fourth-order valence-electron chi connectivity index (χ4n) is 3.15. The zero-order chi connectivity index (χ0) is 19.9. The molecule has 0 unspecified atom stereocenters. The fraction of sp³-hybridized carbons (Fsp3) is 0.619. The van der Waals surface area contributed by atoms with Gasteiger partial charge in [0.15, 0.2) is 0 Å². The van der Waals surface area contributed by atoms with Crippen LogP contribution in [-0.2, 0) is 16.1 Å². The van der Waals surface area contributed by atoms with E-state index in [9.17, 15) is 9.59 Å². The van der Waals surface area contributed by atoms with E-state index < -0.39 is 17.7 Å². The van der Waals surface area contributed by atoms with Crippen LogP contribution in [0.4, 0.5) is 4.79 Å². The summed E-state index contributed by atoms with van der Waals surface area (Å²) in [6.45, 7) is 9.81. The van der Waals surface area contributed by atoms with E-state index in [1.54, 1.807) is 0 Å². The van der Waals surface area contributed by atoms with Crippen molar-refractivity contribution in [2.45, 2.75) is 65.1 Å². The van der Waals surface area contributed by atoms with Crippen molar-refractivity contribution in [3.63, 3.8) is 0 Å². The number of benzene rings is 1. The van der Waals surface area contributed by atoms with E-state index in [0.717, 1.165) is 31.5 Å². The summed E-state index contributed by atoms with van der Waals surface area (Å²) in [7, 11) is 0. The van der Waals surface area contributed by atoms with Crippen LogP contribution < -0.4 is 16.0 Å². The quantitative estimate of drug-likeness (QED) is 0.714. The van der Waals surface area contributed by atoms with Gasteiger partial charge in [0.2, 0.25) is 5.91 Å². The highest BCUT2D eigenvalue weighted by atomic mass is 16.6. The van der Waals surface area contributed by atoms with E-state index in [0.29, 0.717) is 18.9 Å². The third-order valence-corrected chi connectivity index (χ3v) is 4.62. The van der Waals surface area contributed by atoms with E-state index in [2.05, 4.69) is 16.0 Å². The Balaban J connectivity index is 1.96. The predicted octanol–water partition coefficient (Wildman–Crippen LogP) is 2.89. The normalized spacial score (nSPS) is 16.4. The van der Waals surface area contributed by atoms with E-state index in [-0.39, 0.29) is 5.91 Å². The smallest absolute Gasteiger partial charge is 0.408 e. The van der Waals surface area contributed by atoms with Crippen LogP contribution in [-0.4, -0.2) is 36.7 Å². The Bertz CT molecular complexity index is 617. The van der Waals surface area contributed by atoms with Crippen molar-refractivity contribution < 1.29 is 14.3 Å². The molecule has 1 saturated heterocycles. The minimum Gasteiger partial charge on any atom is -0.444 e. The van der Waals surface area contributed by atoms with Gasteiger partial charge in [0, 0.05) is 6.54 Å². The van der Waals surface area contributed by atoms with Gasteiger partial charge >= 0.3 is 6.09 Å². The van der Waals surface area contributed by atoms with E-state index >= 15 is 0 Å². The van der Waals surface area contributed by atoms with Crippen molar-refractivity contribution in [3.05, 3.63) is 35.4 Å². The van der Waals surface area contributed by atoms with Crippen molar-refractivity contribution >= 4 is 12.0 Å². The number of hydrogen-bond acceptors (Lipinski definition) is 4. The number of nitrogens with one attached hydrogen (secondary N) is 3. The Hall–Kier alpha value is -2.08. The topological polar surface area (TPSA) is 79.5 Å². The lowest BCUT2D eigenvalue weighted by Gasteiger charge is -2.28. The second kappa shape index (κ2) is 9.74. The van der Waals surface area contributed by atoms with Gasteiger partial charge in [-0.1, -0.05) is 29.8 Å². The lowest BCUT2D eigenvalue weighted by molar-refractivity contribution is -0.123. The summed E-state index contributed by atoms with van der Waals surface area (Å²) in [6.07, 6.45) is 2.10. The molecule has 1 fully saturated rings. The van der Waals surface area contributed by atoms with Crippen LogP contribution in [0.15, 0.2) is 24.3 Å². The van der Waals surface area contributed by atoms with Crippen LogP contribution in [0.1, 0.15) is 51.2 Å². The van der Waals surface area contributed by atoms with Crippen molar-refractivity contribution in [2.75, 3.05) is 13.1 Å². The lowest BCUT2D eigenvalue weighted by Crippen LogP contribution is -2.49. The molecular formula is C21H33N3O3. The van der Waals surface area contributed by atoms with Gasteiger partial charge in [0.25, 0.3) is 0 Å². The molecule has 2 amide bonds. The maximum atomic E-state index is 12.8. The summed E-state index contributed by atoms with van der Waals surface area (Å²) in [5, 5.41) is 9.05. The van der Waals surface area contributed by atoms with Crippen molar-refractivity contribution in [2.24, 2.45) is 5.92 Å². The number of carbonyl (C=O) groups excluding carboxylic acids is 2. The van der Waals surface area contributed by atoms with Gasteiger partial charge in [-0.3, -0.25) is 4.79 Å². The molecule has 0 aliphatic carbocycles. The molecule has 0 radical (unpaired) electrons. The average Bonchev–Trinajstić information content (AvgIpc) is 2.59. The Morgan fingerprint density at radius 3 is 2.41 bits per heavy atom. The summed E-state index contributed by atoms with van der Waals surface area (Å²) in [5.41, 5.74) is 1.62. The Kier molecular flexibility index (Phi) is 7.66. The molecule has 27 heavy (non-hydrogen) atoms. The van der Waals surface area contributed by atoms with Gasteiger partial charge in [0.1, 0.15) is 11.6 Å². The second-order valence-electron chi connectivity index (χ2n) is 8.33. The number of carbonyl (C=O) groups is 2. The van der Waals surface area contributed by atoms with Crippen LogP contribution in [0.3, 0.4) is 0 Å². The second-order valence-corrected chi connectivity index (χ2v) is 8.33. The van der Waals surface area contributed by atoms with Crippen molar-refractivity contribution in [1.29, 1.82) is 0 Å². The molecule has 1 heterocycles. The minimum absolute atomic E-state index is 0.167. The monoisotopic (exact) mass is 375 g/mol. The lowest BCUT2D eigenvalue weighted by atomic mass is 9.90. The van der Waals surface area contributed by atoms with Crippen LogP contribution in [0.5, 0.6) is 0 Å². The van der Waals surface area contributed by atoms with Crippen molar-refractivity contribution in [3.8, 4) is 0 Å². The van der Waals surface area contributed by atoms with Gasteiger partial charge in [-0.05, 0) is 71.5 Å². The summed E-state index contributed by atoms with van der Waals surface area (Å²) in [4.78, 5) is 25.0. The number of amides is 2. The first-order valence-electron chi connectivity index (χ1n) is 9.76. The number of rotatable bonds is 6. The van der Waals surface area contributed by atoms with Crippen LogP contribution >= 0.6 is 0 Å². The summed E-state index contributed by atoms with van der Waals surface area (Å²) in [5.74, 6) is 0.247. The molecule has 6 nitrogen and oxygen atoms in total. The molecule has 1 atom stereocenters. The molecule has 150 valence electrons. The Labute approximate surface area is 162 Å². The summed E-state index contributed by atoms with van der Waals surface area (Å²) in [6, 6.07) is 7.45. The SMILES string of the molecule is Cc1ccc(CNC(=O)[C@H](CC2CCNCC2)NC(=O)OC(C)(C)C)cc1. The third kappa shape index (κ3) is 7.99. The fourth-order valence-corrected chi connectivity index (χ4v) is 3.15. The average molecular weight is 376 g/mol. The molecule has 2 rings (SSSR count). The first-order chi connectivity index (χ1) is 12.7. The van der Waals surface area contributed by atoms with E-state index in [1.165, 1.54) is 5.56 Å². The van der Waals surface area contributed by atoms with Gasteiger partial charge in [0.05, 0.1) is 0 Å². The maximum Gasteiger partial charge on any atom is 0.408 e. The first kappa shape index (κ1) is 21.2. The molecule has 0 spiro atoms. The molecule has 1 aliphatic heterocycles. The maximum absolute atomic E-state index is 12.8. The van der Waals surface area contributed by atoms with E-state index in [1.807, 2.05) is 52.0 Å². The van der Waals surface area contributed by atoms with Gasteiger partial charge in [-0.2, -0.15) is 0 Å².